The largest absolute Gasteiger partial charge is 0.300 e. The molecule has 0 amide bonds. The minimum atomic E-state index is -0.116. The molecule has 0 N–H and O–H groups in total. The van der Waals surface area contributed by atoms with E-state index in [0.717, 1.165) is 17.6 Å². The van der Waals surface area contributed by atoms with E-state index in [-0.39, 0.29) is 11.2 Å². The van der Waals surface area contributed by atoms with Gasteiger partial charge in [0.05, 0.1) is 5.70 Å². The summed E-state index contributed by atoms with van der Waals surface area (Å²) < 4.78 is 0. The SMILES string of the molecule is CC.CC(=O)CC/C(C)=C/C(=C(\C)N=O)C(C)(C)C.CC(C)(C)C. The van der Waals surface area contributed by atoms with Gasteiger partial charge in [-0.25, -0.2) is 0 Å². The molecule has 0 aromatic rings. The summed E-state index contributed by atoms with van der Waals surface area (Å²) in [6.07, 6.45) is 3.27. The van der Waals surface area contributed by atoms with E-state index in [0.29, 0.717) is 17.5 Å². The first-order valence-electron chi connectivity index (χ1n) is 8.89. The molecule has 0 spiro atoms. The van der Waals surface area contributed by atoms with Crippen molar-refractivity contribution in [2.45, 2.75) is 95.9 Å². The molecule has 3 heteroatoms. The van der Waals surface area contributed by atoms with Crippen molar-refractivity contribution >= 4 is 5.78 Å². The van der Waals surface area contributed by atoms with Crippen molar-refractivity contribution < 1.29 is 4.79 Å². The van der Waals surface area contributed by atoms with Crippen LogP contribution in [0.1, 0.15) is 95.9 Å². The Morgan fingerprint density at radius 1 is 0.875 bits per heavy atom. The smallest absolute Gasteiger partial charge is 0.130 e. The Bertz CT molecular complexity index is 424. The molecule has 0 aliphatic rings. The van der Waals surface area contributed by atoms with Crippen LogP contribution in [0.4, 0.5) is 0 Å². The predicted molar refractivity (Wildman–Crippen MR) is 108 cm³/mol. The first kappa shape index (κ1) is 27.6. The number of nitrogens with zero attached hydrogens (tertiary/aromatic N) is 1. The first-order valence-corrected chi connectivity index (χ1v) is 8.89. The molecule has 0 aliphatic heterocycles. The van der Waals surface area contributed by atoms with Crippen LogP contribution in [0.25, 0.3) is 0 Å². The van der Waals surface area contributed by atoms with Gasteiger partial charge in [-0.2, -0.15) is 0 Å². The molecular formula is C21H41NO2. The maximum atomic E-state index is 10.9. The molecule has 0 fully saturated rings. The molecular weight excluding hydrogens is 298 g/mol. The summed E-state index contributed by atoms with van der Waals surface area (Å²) in [6, 6.07) is 0. The van der Waals surface area contributed by atoms with Crippen LogP contribution < -0.4 is 0 Å². The highest BCUT2D eigenvalue weighted by atomic mass is 16.3. The molecule has 0 atom stereocenters. The molecule has 0 saturated heterocycles. The monoisotopic (exact) mass is 339 g/mol. The fourth-order valence-electron chi connectivity index (χ4n) is 1.60. The van der Waals surface area contributed by atoms with Crippen molar-refractivity contribution in [1.82, 2.24) is 0 Å². The lowest BCUT2D eigenvalue weighted by Gasteiger charge is -2.21. The number of allylic oxidation sites excluding steroid dienone is 4. The quantitative estimate of drug-likeness (QED) is 0.385. The average molecular weight is 340 g/mol. The van der Waals surface area contributed by atoms with E-state index in [1.165, 1.54) is 0 Å². The van der Waals surface area contributed by atoms with Gasteiger partial charge in [0.15, 0.2) is 0 Å². The van der Waals surface area contributed by atoms with Crippen molar-refractivity contribution in [3.63, 3.8) is 0 Å². The number of Topliss-reactive ketones (excluding diaryl/α,β-unsaturated/α-hetero) is 1. The van der Waals surface area contributed by atoms with Gasteiger partial charge in [0.25, 0.3) is 0 Å². The van der Waals surface area contributed by atoms with Crippen LogP contribution in [-0.4, -0.2) is 5.78 Å². The molecule has 0 radical (unpaired) electrons. The van der Waals surface area contributed by atoms with Gasteiger partial charge in [-0.05, 0) is 48.8 Å². The maximum Gasteiger partial charge on any atom is 0.130 e. The maximum absolute atomic E-state index is 10.9. The number of nitroso groups, excluding NO2 is 1. The minimum Gasteiger partial charge on any atom is -0.300 e. The van der Waals surface area contributed by atoms with E-state index in [4.69, 9.17) is 0 Å². The fraction of sp³-hybridized carbons (Fsp3) is 0.762. The Balaban J connectivity index is -0.000000534. The lowest BCUT2D eigenvalue weighted by Crippen LogP contribution is -2.10. The van der Waals surface area contributed by atoms with Gasteiger partial charge in [-0.15, -0.1) is 4.91 Å². The summed E-state index contributed by atoms with van der Waals surface area (Å²) in [5, 5.41) is 3.02. The molecule has 0 aromatic carbocycles. The van der Waals surface area contributed by atoms with Crippen molar-refractivity contribution in [2.75, 3.05) is 0 Å². The second-order valence-electron chi connectivity index (χ2n) is 8.53. The third-order valence-corrected chi connectivity index (χ3v) is 2.60. The van der Waals surface area contributed by atoms with Crippen molar-refractivity contribution in [2.24, 2.45) is 16.0 Å². The highest BCUT2D eigenvalue weighted by molar-refractivity contribution is 5.75. The summed E-state index contributed by atoms with van der Waals surface area (Å²) >= 11 is 0. The van der Waals surface area contributed by atoms with E-state index in [1.807, 2.05) is 47.6 Å². The normalized spacial score (nSPS) is 12.9. The summed E-state index contributed by atoms with van der Waals surface area (Å²) in [5.41, 5.74) is 2.94. The third kappa shape index (κ3) is 20.8. The zero-order valence-corrected chi connectivity index (χ0v) is 18.3. The van der Waals surface area contributed by atoms with E-state index in [9.17, 15) is 9.70 Å². The number of ketones is 1. The molecule has 0 saturated carbocycles. The number of hydrogen-bond acceptors (Lipinski definition) is 3. The number of rotatable bonds is 5. The minimum absolute atomic E-state index is 0.116. The van der Waals surface area contributed by atoms with Crippen molar-refractivity contribution in [3.8, 4) is 0 Å². The van der Waals surface area contributed by atoms with Crippen LogP contribution >= 0.6 is 0 Å². The zero-order chi connectivity index (χ0) is 20.1. The van der Waals surface area contributed by atoms with Gasteiger partial charge >= 0.3 is 0 Å². The van der Waals surface area contributed by atoms with E-state index in [2.05, 4.69) is 32.9 Å². The van der Waals surface area contributed by atoms with Gasteiger partial charge in [0.1, 0.15) is 5.78 Å². The Morgan fingerprint density at radius 3 is 1.50 bits per heavy atom. The first-order chi connectivity index (χ1) is 10.7. The summed E-state index contributed by atoms with van der Waals surface area (Å²) in [7, 11) is 0. The number of carbonyl (C=O) groups excluding carboxylic acids is 1. The Kier molecular flexibility index (Phi) is 15.0. The fourth-order valence-corrected chi connectivity index (χ4v) is 1.60. The Labute approximate surface area is 151 Å². The second kappa shape index (κ2) is 13.1. The number of carbonyl (C=O) groups is 1. The zero-order valence-electron chi connectivity index (χ0n) is 18.3. The standard InChI is InChI=1S/C14H23NO2.C5H12.C2H6/c1-10(7-8-11(2)16)9-13(12(3)15-17)14(4,5)6;1-5(2,3)4;1-2/h9H,7-8H2,1-6H3;1-4H3;1-2H3/b10-9+,13-12-;;. The van der Waals surface area contributed by atoms with E-state index < -0.39 is 0 Å². The van der Waals surface area contributed by atoms with Crippen LogP contribution in [0.15, 0.2) is 28.1 Å². The van der Waals surface area contributed by atoms with Gasteiger partial charge in [-0.3, -0.25) is 0 Å². The summed E-state index contributed by atoms with van der Waals surface area (Å²) in [5.74, 6) is 0.185. The average Bonchev–Trinajstić information content (AvgIpc) is 2.40. The predicted octanol–water partition coefficient (Wildman–Crippen LogP) is 7.47. The highest BCUT2D eigenvalue weighted by Crippen LogP contribution is 2.31. The van der Waals surface area contributed by atoms with Gasteiger partial charge in [0.2, 0.25) is 0 Å². The van der Waals surface area contributed by atoms with Crippen molar-refractivity contribution in [1.29, 1.82) is 0 Å². The Morgan fingerprint density at radius 2 is 1.25 bits per heavy atom. The molecule has 0 bridgehead atoms. The Hall–Kier alpha value is -1.25. The second-order valence-corrected chi connectivity index (χ2v) is 8.53. The molecule has 142 valence electrons. The molecule has 0 heterocycles. The lowest BCUT2D eigenvalue weighted by atomic mass is 9.84. The van der Waals surface area contributed by atoms with Gasteiger partial charge in [-0.1, -0.05) is 74.0 Å². The van der Waals surface area contributed by atoms with E-state index in [1.54, 1.807) is 13.8 Å². The van der Waals surface area contributed by atoms with Crippen LogP contribution in [0.3, 0.4) is 0 Å². The molecule has 0 aromatic heterocycles. The molecule has 0 aliphatic carbocycles. The highest BCUT2D eigenvalue weighted by Gasteiger charge is 2.18. The molecule has 0 rings (SSSR count). The molecule has 24 heavy (non-hydrogen) atoms. The van der Waals surface area contributed by atoms with Crippen LogP contribution in [-0.2, 0) is 4.79 Å². The lowest BCUT2D eigenvalue weighted by molar-refractivity contribution is -0.116. The number of hydrogen-bond donors (Lipinski definition) is 0. The van der Waals surface area contributed by atoms with Gasteiger partial charge < -0.3 is 4.79 Å². The van der Waals surface area contributed by atoms with Crippen molar-refractivity contribution in [3.05, 3.63) is 27.8 Å². The van der Waals surface area contributed by atoms with Crippen LogP contribution in [0.2, 0.25) is 0 Å². The van der Waals surface area contributed by atoms with Crippen LogP contribution in [0, 0.1) is 15.7 Å². The van der Waals surface area contributed by atoms with Gasteiger partial charge in [0, 0.05) is 6.42 Å². The van der Waals surface area contributed by atoms with Crippen LogP contribution in [0.5, 0.6) is 0 Å². The van der Waals surface area contributed by atoms with E-state index >= 15 is 0 Å². The molecule has 3 nitrogen and oxygen atoms in total. The topological polar surface area (TPSA) is 46.5 Å². The summed E-state index contributed by atoms with van der Waals surface area (Å²) in [6.45, 7) is 24.2. The third-order valence-electron chi connectivity index (χ3n) is 2.60. The summed E-state index contributed by atoms with van der Waals surface area (Å²) in [4.78, 5) is 21.6. The molecule has 0 unspecified atom stereocenters.